The van der Waals surface area contributed by atoms with Crippen LogP contribution < -0.4 is 11.3 Å². The van der Waals surface area contributed by atoms with Gasteiger partial charge in [-0.25, -0.2) is 10.1 Å². The Morgan fingerprint density at radius 3 is 2.88 bits per heavy atom. The monoisotopic (exact) mass is 316 g/mol. The van der Waals surface area contributed by atoms with Gasteiger partial charge in [0.2, 0.25) is 0 Å². The Balaban J connectivity index is 2.52. The zero-order valence-corrected chi connectivity index (χ0v) is 11.3. The minimum atomic E-state index is -0.377. The van der Waals surface area contributed by atoms with E-state index in [1.54, 1.807) is 30.1 Å². The van der Waals surface area contributed by atoms with Gasteiger partial charge in [0.05, 0.1) is 16.4 Å². The van der Waals surface area contributed by atoms with Crippen LogP contribution in [0.3, 0.4) is 0 Å². The topological polar surface area (TPSA) is 81.7 Å². The molecular formula is C9H10BrClN6. The molecule has 0 spiro atoms. The lowest BCUT2D eigenvalue weighted by molar-refractivity contribution is 0.559. The third kappa shape index (κ3) is 2.32. The first-order valence-corrected chi connectivity index (χ1v) is 5.94. The van der Waals surface area contributed by atoms with Crippen molar-refractivity contribution in [1.29, 1.82) is 0 Å². The molecule has 6 nitrogen and oxygen atoms in total. The van der Waals surface area contributed by atoms with Crippen molar-refractivity contribution in [3.8, 4) is 0 Å². The first-order chi connectivity index (χ1) is 8.15. The van der Waals surface area contributed by atoms with Crippen LogP contribution in [0.5, 0.6) is 0 Å². The first-order valence-electron chi connectivity index (χ1n) is 4.76. The maximum Gasteiger partial charge on any atom is 0.153 e. The van der Waals surface area contributed by atoms with Gasteiger partial charge in [0.25, 0.3) is 0 Å². The summed E-state index contributed by atoms with van der Waals surface area (Å²) in [7, 11) is 1.77. The fourth-order valence-corrected chi connectivity index (χ4v) is 2.33. The van der Waals surface area contributed by atoms with Crippen molar-refractivity contribution in [1.82, 2.24) is 25.4 Å². The van der Waals surface area contributed by atoms with Gasteiger partial charge in [-0.1, -0.05) is 16.8 Å². The van der Waals surface area contributed by atoms with Crippen molar-refractivity contribution in [2.24, 2.45) is 12.9 Å². The maximum absolute atomic E-state index is 6.10. The average Bonchev–Trinajstić information content (AvgIpc) is 2.64. The van der Waals surface area contributed by atoms with Gasteiger partial charge in [-0.05, 0) is 28.1 Å². The Hall–Kier alpha value is -1.02. The van der Waals surface area contributed by atoms with Gasteiger partial charge in [0.1, 0.15) is 6.04 Å². The van der Waals surface area contributed by atoms with Gasteiger partial charge in [-0.3, -0.25) is 10.8 Å². The molecule has 0 radical (unpaired) electrons. The van der Waals surface area contributed by atoms with E-state index in [1.165, 1.54) is 0 Å². The van der Waals surface area contributed by atoms with Crippen LogP contribution in [-0.4, -0.2) is 20.0 Å². The molecule has 2 rings (SSSR count). The maximum atomic E-state index is 6.10. The largest absolute Gasteiger partial charge is 0.270 e. The van der Waals surface area contributed by atoms with Crippen LogP contribution in [0.15, 0.2) is 22.9 Å². The van der Waals surface area contributed by atoms with Crippen molar-refractivity contribution < 1.29 is 0 Å². The van der Waals surface area contributed by atoms with Crippen molar-refractivity contribution in [3.63, 3.8) is 0 Å². The minimum absolute atomic E-state index is 0.377. The van der Waals surface area contributed by atoms with Gasteiger partial charge < -0.3 is 0 Å². The summed E-state index contributed by atoms with van der Waals surface area (Å²) in [6, 6.07) is 3.14. The molecular weight excluding hydrogens is 307 g/mol. The molecule has 0 aliphatic rings. The lowest BCUT2D eigenvalue weighted by Crippen LogP contribution is -2.31. The molecule has 0 fully saturated rings. The molecule has 1 atom stereocenters. The normalized spacial score (nSPS) is 12.7. The predicted molar refractivity (Wildman–Crippen MR) is 67.1 cm³/mol. The molecule has 17 heavy (non-hydrogen) atoms. The molecule has 0 saturated heterocycles. The summed E-state index contributed by atoms with van der Waals surface area (Å²) in [5.41, 5.74) is 4.05. The third-order valence-corrected chi connectivity index (χ3v) is 3.21. The zero-order valence-electron chi connectivity index (χ0n) is 8.93. The molecule has 0 aliphatic carbocycles. The van der Waals surface area contributed by atoms with Crippen molar-refractivity contribution in [2.45, 2.75) is 6.04 Å². The summed E-state index contributed by atoms with van der Waals surface area (Å²) in [6.45, 7) is 0. The van der Waals surface area contributed by atoms with E-state index in [1.807, 2.05) is 0 Å². The van der Waals surface area contributed by atoms with E-state index in [0.29, 0.717) is 15.3 Å². The number of hydrogen-bond acceptors (Lipinski definition) is 5. The number of pyridine rings is 1. The highest BCUT2D eigenvalue weighted by Gasteiger charge is 2.23. The molecule has 0 aromatic carbocycles. The number of nitrogens with two attached hydrogens (primary N) is 1. The van der Waals surface area contributed by atoms with Gasteiger partial charge in [-0.2, -0.15) is 0 Å². The van der Waals surface area contributed by atoms with Crippen LogP contribution in [0.25, 0.3) is 0 Å². The first kappa shape index (κ1) is 12.4. The molecule has 2 heterocycles. The molecule has 0 bridgehead atoms. The van der Waals surface area contributed by atoms with Crippen LogP contribution in [0.2, 0.25) is 5.02 Å². The molecule has 1 unspecified atom stereocenters. The number of hydrazine groups is 1. The van der Waals surface area contributed by atoms with E-state index >= 15 is 0 Å². The fourth-order valence-electron chi connectivity index (χ4n) is 1.54. The van der Waals surface area contributed by atoms with Gasteiger partial charge in [0.15, 0.2) is 4.60 Å². The molecule has 0 amide bonds. The van der Waals surface area contributed by atoms with Gasteiger partial charge in [0, 0.05) is 13.2 Å². The molecule has 0 saturated carbocycles. The van der Waals surface area contributed by atoms with Crippen molar-refractivity contribution in [2.75, 3.05) is 0 Å². The van der Waals surface area contributed by atoms with Crippen LogP contribution in [0, 0.1) is 0 Å². The fraction of sp³-hybridized carbons (Fsp3) is 0.222. The van der Waals surface area contributed by atoms with E-state index < -0.39 is 0 Å². The summed E-state index contributed by atoms with van der Waals surface area (Å²) in [5, 5.41) is 8.33. The molecule has 2 aromatic rings. The predicted octanol–water partition coefficient (Wildman–Crippen LogP) is 1.18. The molecule has 0 aliphatic heterocycles. The highest BCUT2D eigenvalue weighted by atomic mass is 79.9. The zero-order chi connectivity index (χ0) is 12.4. The standard InChI is InChI=1S/C9H10BrClN6/c1-17-8(9(10)15-16-17)7(14-12)6-5(11)3-2-4-13-6/h2-4,7,14H,12H2,1H3. The van der Waals surface area contributed by atoms with E-state index in [-0.39, 0.29) is 6.04 Å². The van der Waals surface area contributed by atoms with Gasteiger partial charge in [-0.15, -0.1) is 5.10 Å². The summed E-state index contributed by atoms with van der Waals surface area (Å²) in [4.78, 5) is 4.22. The SMILES string of the molecule is Cn1nnc(Br)c1C(NN)c1ncccc1Cl. The second kappa shape index (κ2) is 5.09. The Morgan fingerprint density at radius 2 is 2.35 bits per heavy atom. The number of halogens is 2. The summed E-state index contributed by atoms with van der Waals surface area (Å²) in [6.07, 6.45) is 1.66. The summed E-state index contributed by atoms with van der Waals surface area (Å²) in [5.74, 6) is 5.56. The number of aryl methyl sites for hydroxylation is 1. The lowest BCUT2D eigenvalue weighted by Gasteiger charge is -2.16. The third-order valence-electron chi connectivity index (χ3n) is 2.33. The molecule has 90 valence electrons. The van der Waals surface area contributed by atoms with E-state index in [4.69, 9.17) is 17.4 Å². The highest BCUT2D eigenvalue weighted by molar-refractivity contribution is 9.10. The van der Waals surface area contributed by atoms with Crippen molar-refractivity contribution in [3.05, 3.63) is 39.3 Å². The Kier molecular flexibility index (Phi) is 3.72. The second-order valence-corrected chi connectivity index (χ2v) is 4.52. The van der Waals surface area contributed by atoms with Crippen molar-refractivity contribution >= 4 is 27.5 Å². The van der Waals surface area contributed by atoms with E-state index in [0.717, 1.165) is 5.69 Å². The number of nitrogens with zero attached hydrogens (tertiary/aromatic N) is 4. The molecule has 8 heteroatoms. The highest BCUT2D eigenvalue weighted by Crippen LogP contribution is 2.28. The van der Waals surface area contributed by atoms with Crippen LogP contribution in [0.1, 0.15) is 17.4 Å². The minimum Gasteiger partial charge on any atom is -0.270 e. The number of nitrogens with one attached hydrogen (secondary N) is 1. The van der Waals surface area contributed by atoms with Gasteiger partial charge >= 0.3 is 0 Å². The number of aromatic nitrogens is 4. The molecule has 3 N–H and O–H groups in total. The number of hydrogen-bond donors (Lipinski definition) is 2. The van der Waals surface area contributed by atoms with Crippen LogP contribution >= 0.6 is 27.5 Å². The van der Waals surface area contributed by atoms with E-state index in [9.17, 15) is 0 Å². The Morgan fingerprint density at radius 1 is 1.59 bits per heavy atom. The van der Waals surface area contributed by atoms with Crippen LogP contribution in [0.4, 0.5) is 0 Å². The summed E-state index contributed by atoms with van der Waals surface area (Å²) < 4.78 is 2.21. The average molecular weight is 318 g/mol. The van der Waals surface area contributed by atoms with Crippen LogP contribution in [-0.2, 0) is 7.05 Å². The molecule has 2 aromatic heterocycles. The Bertz CT molecular complexity index is 508. The quantitative estimate of drug-likeness (QED) is 0.656. The van der Waals surface area contributed by atoms with E-state index in [2.05, 4.69) is 36.7 Å². The second-order valence-electron chi connectivity index (χ2n) is 3.36. The number of rotatable bonds is 3. The smallest absolute Gasteiger partial charge is 0.153 e. The summed E-state index contributed by atoms with van der Waals surface area (Å²) >= 11 is 9.42. The Labute approximate surface area is 111 Å². The lowest BCUT2D eigenvalue weighted by atomic mass is 10.1.